The van der Waals surface area contributed by atoms with Crippen LogP contribution in [0.1, 0.15) is 40.7 Å². The Kier molecular flexibility index (Phi) is 4.38. The second kappa shape index (κ2) is 6.51. The zero-order chi connectivity index (χ0) is 20.0. The number of benzene rings is 2. The van der Waals surface area contributed by atoms with Crippen molar-refractivity contribution in [2.24, 2.45) is 0 Å². The first-order valence-electron chi connectivity index (χ1n) is 9.11. The van der Waals surface area contributed by atoms with Crippen LogP contribution in [-0.2, 0) is 16.8 Å². The summed E-state index contributed by atoms with van der Waals surface area (Å²) in [5.41, 5.74) is -1.25. The van der Waals surface area contributed by atoms with Crippen molar-refractivity contribution in [2.45, 2.75) is 43.1 Å². The molecule has 0 spiro atoms. The van der Waals surface area contributed by atoms with E-state index in [2.05, 4.69) is 5.32 Å². The van der Waals surface area contributed by atoms with Gasteiger partial charge in [0.2, 0.25) is 0 Å². The quantitative estimate of drug-likeness (QED) is 0.726. The molecule has 1 saturated carbocycles. The van der Waals surface area contributed by atoms with E-state index in [1.54, 1.807) is 18.2 Å². The number of nitrogens with one attached hydrogen (secondary N) is 1. The standard InChI is InChI=1S/C21H20F3NO3/c22-21(23,24)20(27,12-19(8-9-19)15-4-2-1-3-5-15)13-25-16-6-7-17-14(10-16)11-28-18(17)26/h1-7,10,25,27H,8-9,11-13H2. The molecule has 2 aromatic carbocycles. The highest BCUT2D eigenvalue weighted by atomic mass is 19.4. The molecule has 1 aliphatic carbocycles. The number of anilines is 1. The summed E-state index contributed by atoms with van der Waals surface area (Å²) in [6, 6.07) is 13.7. The van der Waals surface area contributed by atoms with Gasteiger partial charge in [-0.05, 0) is 48.4 Å². The molecule has 0 amide bonds. The van der Waals surface area contributed by atoms with Crippen LogP contribution in [0.5, 0.6) is 0 Å². The Bertz CT molecular complexity index is 894. The molecule has 4 rings (SSSR count). The summed E-state index contributed by atoms with van der Waals surface area (Å²) < 4.78 is 46.3. The minimum absolute atomic E-state index is 0.102. The van der Waals surface area contributed by atoms with Crippen LogP contribution < -0.4 is 5.32 Å². The molecule has 148 valence electrons. The van der Waals surface area contributed by atoms with E-state index in [1.165, 1.54) is 12.1 Å². The number of hydrogen-bond acceptors (Lipinski definition) is 4. The molecule has 4 nitrogen and oxygen atoms in total. The Morgan fingerprint density at radius 3 is 2.46 bits per heavy atom. The molecule has 1 heterocycles. The van der Waals surface area contributed by atoms with Crippen molar-refractivity contribution in [3.63, 3.8) is 0 Å². The third-order valence-corrected chi connectivity index (χ3v) is 5.67. The van der Waals surface area contributed by atoms with Crippen LogP contribution in [0.25, 0.3) is 0 Å². The molecule has 0 radical (unpaired) electrons. The maximum absolute atomic E-state index is 13.8. The number of carbonyl (C=O) groups excluding carboxylic acids is 1. The van der Waals surface area contributed by atoms with Crippen molar-refractivity contribution in [3.05, 3.63) is 65.2 Å². The Morgan fingerprint density at radius 2 is 1.82 bits per heavy atom. The Labute approximate surface area is 160 Å². The SMILES string of the molecule is O=C1OCc2cc(NCC(O)(CC3(c4ccccc4)CC3)C(F)(F)F)ccc21. The van der Waals surface area contributed by atoms with E-state index in [4.69, 9.17) is 4.74 Å². The van der Waals surface area contributed by atoms with Gasteiger partial charge in [-0.3, -0.25) is 0 Å². The van der Waals surface area contributed by atoms with E-state index in [0.29, 0.717) is 29.7 Å². The van der Waals surface area contributed by atoms with Gasteiger partial charge < -0.3 is 15.2 Å². The zero-order valence-electron chi connectivity index (χ0n) is 15.1. The van der Waals surface area contributed by atoms with Gasteiger partial charge in [-0.1, -0.05) is 30.3 Å². The number of hydrogen-bond donors (Lipinski definition) is 2. The fourth-order valence-corrected chi connectivity index (χ4v) is 3.82. The minimum atomic E-state index is -4.78. The number of fused-ring (bicyclic) bond motifs is 1. The van der Waals surface area contributed by atoms with E-state index in [1.807, 2.05) is 18.2 Å². The predicted octanol–water partition coefficient (Wildman–Crippen LogP) is 4.18. The predicted molar refractivity (Wildman–Crippen MR) is 97.0 cm³/mol. The average Bonchev–Trinajstić information content (AvgIpc) is 3.36. The number of esters is 1. The van der Waals surface area contributed by atoms with E-state index in [9.17, 15) is 23.1 Å². The number of ether oxygens (including phenoxy) is 1. The molecule has 0 bridgehead atoms. The van der Waals surface area contributed by atoms with Crippen molar-refractivity contribution in [1.29, 1.82) is 0 Å². The van der Waals surface area contributed by atoms with Crippen molar-refractivity contribution in [2.75, 3.05) is 11.9 Å². The van der Waals surface area contributed by atoms with Gasteiger partial charge in [-0.25, -0.2) is 4.79 Å². The van der Waals surface area contributed by atoms with E-state index in [0.717, 1.165) is 5.56 Å². The van der Waals surface area contributed by atoms with Crippen LogP contribution in [0.3, 0.4) is 0 Å². The maximum Gasteiger partial charge on any atom is 0.418 e. The summed E-state index contributed by atoms with van der Waals surface area (Å²) in [5, 5.41) is 13.3. The number of halogens is 3. The monoisotopic (exact) mass is 391 g/mol. The number of carbonyl (C=O) groups is 1. The molecule has 2 N–H and O–H groups in total. The summed E-state index contributed by atoms with van der Waals surface area (Å²) in [4.78, 5) is 11.5. The molecule has 1 fully saturated rings. The Hall–Kier alpha value is -2.54. The Balaban J connectivity index is 1.53. The minimum Gasteiger partial charge on any atom is -0.457 e. The molecular formula is C21H20F3NO3. The second-order valence-corrected chi connectivity index (χ2v) is 7.65. The smallest absolute Gasteiger partial charge is 0.418 e. The fourth-order valence-electron chi connectivity index (χ4n) is 3.82. The van der Waals surface area contributed by atoms with E-state index < -0.39 is 36.1 Å². The molecule has 7 heteroatoms. The number of aliphatic hydroxyl groups is 1. The van der Waals surface area contributed by atoms with Crippen molar-refractivity contribution in [1.82, 2.24) is 0 Å². The Morgan fingerprint density at radius 1 is 1.11 bits per heavy atom. The second-order valence-electron chi connectivity index (χ2n) is 7.65. The lowest BCUT2D eigenvalue weighted by Gasteiger charge is -2.34. The van der Waals surface area contributed by atoms with Crippen molar-refractivity contribution >= 4 is 11.7 Å². The van der Waals surface area contributed by atoms with Gasteiger partial charge in [-0.2, -0.15) is 13.2 Å². The molecule has 2 aliphatic rings. The lowest BCUT2D eigenvalue weighted by molar-refractivity contribution is -0.259. The normalized spacial score (nSPS) is 19.5. The van der Waals surface area contributed by atoms with Gasteiger partial charge >= 0.3 is 12.1 Å². The molecule has 1 aliphatic heterocycles. The van der Waals surface area contributed by atoms with Crippen molar-refractivity contribution in [3.8, 4) is 0 Å². The van der Waals surface area contributed by atoms with Crippen LogP contribution >= 0.6 is 0 Å². The summed E-state index contributed by atoms with van der Waals surface area (Å²) in [5.74, 6) is -0.438. The highest BCUT2D eigenvalue weighted by Gasteiger charge is 2.60. The molecular weight excluding hydrogens is 371 g/mol. The molecule has 28 heavy (non-hydrogen) atoms. The summed E-state index contributed by atoms with van der Waals surface area (Å²) in [7, 11) is 0. The van der Waals surface area contributed by atoms with E-state index in [-0.39, 0.29) is 6.61 Å². The average molecular weight is 391 g/mol. The third kappa shape index (κ3) is 3.35. The molecule has 1 atom stereocenters. The molecule has 1 unspecified atom stereocenters. The van der Waals surface area contributed by atoms with Gasteiger partial charge in [-0.15, -0.1) is 0 Å². The zero-order valence-corrected chi connectivity index (χ0v) is 15.1. The van der Waals surface area contributed by atoms with Crippen LogP contribution in [0, 0.1) is 0 Å². The topological polar surface area (TPSA) is 58.6 Å². The van der Waals surface area contributed by atoms with Crippen LogP contribution in [0.15, 0.2) is 48.5 Å². The summed E-state index contributed by atoms with van der Waals surface area (Å²) in [6.07, 6.45) is -3.94. The van der Waals surface area contributed by atoms with E-state index >= 15 is 0 Å². The molecule has 0 aromatic heterocycles. The number of alkyl halides is 3. The van der Waals surface area contributed by atoms with Crippen molar-refractivity contribution < 1.29 is 27.8 Å². The highest BCUT2D eigenvalue weighted by molar-refractivity contribution is 5.93. The molecule has 0 saturated heterocycles. The first kappa shape index (κ1) is 18.8. The largest absolute Gasteiger partial charge is 0.457 e. The molecule has 2 aromatic rings. The van der Waals surface area contributed by atoms with Gasteiger partial charge in [0.1, 0.15) is 6.61 Å². The fraction of sp³-hybridized carbons (Fsp3) is 0.381. The van der Waals surface area contributed by atoms with Gasteiger partial charge in [0, 0.05) is 11.3 Å². The van der Waals surface area contributed by atoms with Gasteiger partial charge in [0.25, 0.3) is 0 Å². The number of cyclic esters (lactones) is 1. The first-order chi connectivity index (χ1) is 13.2. The maximum atomic E-state index is 13.8. The summed E-state index contributed by atoms with van der Waals surface area (Å²) >= 11 is 0. The van der Waals surface area contributed by atoms with Gasteiger partial charge in [0.15, 0.2) is 5.60 Å². The lowest BCUT2D eigenvalue weighted by Crippen LogP contribution is -2.52. The lowest BCUT2D eigenvalue weighted by atomic mass is 9.82. The van der Waals surface area contributed by atoms with Crippen LogP contribution in [-0.4, -0.2) is 29.4 Å². The van der Waals surface area contributed by atoms with Crippen LogP contribution in [0.2, 0.25) is 0 Å². The first-order valence-corrected chi connectivity index (χ1v) is 9.11. The third-order valence-electron chi connectivity index (χ3n) is 5.67. The van der Waals surface area contributed by atoms with Gasteiger partial charge in [0.05, 0.1) is 12.1 Å². The number of rotatable bonds is 6. The highest BCUT2D eigenvalue weighted by Crippen LogP contribution is 2.55. The van der Waals surface area contributed by atoms with Crippen LogP contribution in [0.4, 0.5) is 18.9 Å². The summed E-state index contributed by atoms with van der Waals surface area (Å²) in [6.45, 7) is -0.566.